The quantitative estimate of drug-likeness (QED) is 0.448. The zero-order valence-electron chi connectivity index (χ0n) is 18.3. The number of carboxylic acid groups (broad SMARTS) is 1. The van der Waals surface area contributed by atoms with Crippen molar-refractivity contribution in [3.05, 3.63) is 11.3 Å². The third-order valence-electron chi connectivity index (χ3n) is 5.55. The van der Waals surface area contributed by atoms with E-state index in [2.05, 4.69) is 33.9 Å². The van der Waals surface area contributed by atoms with Crippen LogP contribution in [-0.2, 0) is 23.5 Å². The lowest BCUT2D eigenvalue weighted by Gasteiger charge is -2.39. The number of hydrogen-bond acceptors (Lipinski definition) is 5. The van der Waals surface area contributed by atoms with Gasteiger partial charge in [-0.25, -0.2) is 4.79 Å². The average molecular weight is 401 g/mol. The summed E-state index contributed by atoms with van der Waals surface area (Å²) in [7, 11) is -1.87. The van der Waals surface area contributed by atoms with Crippen molar-refractivity contribution in [1.29, 1.82) is 0 Å². The molecule has 3 atom stereocenters. The molecule has 0 saturated heterocycles. The molecule has 0 fully saturated rings. The smallest absolute Gasteiger partial charge is 0.338 e. The Morgan fingerprint density at radius 2 is 1.81 bits per heavy atom. The van der Waals surface area contributed by atoms with Crippen LogP contribution in [0, 0.1) is 0 Å². The topological polar surface area (TPSA) is 82.1 Å². The van der Waals surface area contributed by atoms with Crippen LogP contribution in [0.2, 0.25) is 18.1 Å². The van der Waals surface area contributed by atoms with Crippen molar-refractivity contribution in [2.75, 3.05) is 0 Å². The Hall–Kier alpha value is -1.34. The number of ether oxygens (including phenoxy) is 2. The van der Waals surface area contributed by atoms with Gasteiger partial charge in [0, 0.05) is 25.4 Å². The maximum absolute atomic E-state index is 12.0. The lowest BCUT2D eigenvalue weighted by atomic mass is 9.96. The van der Waals surface area contributed by atoms with Crippen molar-refractivity contribution >= 4 is 20.3 Å². The minimum Gasteiger partial charge on any atom is -0.490 e. The third-order valence-corrected chi connectivity index (χ3v) is 10.1. The number of hydrogen-bond donors (Lipinski definition) is 1. The van der Waals surface area contributed by atoms with Crippen LogP contribution in [0.25, 0.3) is 0 Å². The highest BCUT2D eigenvalue weighted by Gasteiger charge is 2.45. The number of cyclic esters (lactones) is 1. The molecule has 1 aliphatic rings. The van der Waals surface area contributed by atoms with Crippen LogP contribution in [-0.4, -0.2) is 43.2 Å². The first-order valence-corrected chi connectivity index (χ1v) is 12.5. The highest BCUT2D eigenvalue weighted by atomic mass is 28.4. The number of carboxylic acids is 1. The molecular weight excluding hydrogens is 364 g/mol. The predicted octanol–water partition coefficient (Wildman–Crippen LogP) is 4.65. The summed E-state index contributed by atoms with van der Waals surface area (Å²) in [5, 5.41) is 9.10. The minimum atomic E-state index is -1.87. The molecule has 0 bridgehead atoms. The number of carbonyl (C=O) groups is 2. The normalized spacial score (nSPS) is 23.2. The summed E-state index contributed by atoms with van der Waals surface area (Å²) in [5.41, 5.74) is -0.621. The van der Waals surface area contributed by atoms with Gasteiger partial charge in [0.25, 0.3) is 0 Å². The van der Waals surface area contributed by atoms with Gasteiger partial charge < -0.3 is 19.0 Å². The number of carbonyl (C=O) groups excluding carboxylic acids is 1. The van der Waals surface area contributed by atoms with Gasteiger partial charge in [-0.2, -0.15) is 0 Å². The molecule has 0 amide bonds. The highest BCUT2D eigenvalue weighted by molar-refractivity contribution is 6.74. The van der Waals surface area contributed by atoms with Gasteiger partial charge in [0.15, 0.2) is 19.7 Å². The van der Waals surface area contributed by atoms with E-state index in [1.54, 1.807) is 13.8 Å². The van der Waals surface area contributed by atoms with Gasteiger partial charge in [-0.15, -0.1) is 0 Å². The van der Waals surface area contributed by atoms with Crippen LogP contribution in [0.3, 0.4) is 0 Å². The van der Waals surface area contributed by atoms with Crippen molar-refractivity contribution in [3.63, 3.8) is 0 Å². The van der Waals surface area contributed by atoms with E-state index in [4.69, 9.17) is 19.0 Å². The van der Waals surface area contributed by atoms with Gasteiger partial charge in [0.1, 0.15) is 0 Å². The Morgan fingerprint density at radius 3 is 2.30 bits per heavy atom. The predicted molar refractivity (Wildman–Crippen MR) is 107 cm³/mol. The zero-order valence-corrected chi connectivity index (χ0v) is 19.3. The first kappa shape index (κ1) is 23.7. The second-order valence-corrected chi connectivity index (χ2v) is 14.1. The van der Waals surface area contributed by atoms with Gasteiger partial charge in [0.05, 0.1) is 11.7 Å². The van der Waals surface area contributed by atoms with E-state index in [9.17, 15) is 9.59 Å². The van der Waals surface area contributed by atoms with Gasteiger partial charge >= 0.3 is 11.9 Å². The molecule has 1 N–H and O–H groups in total. The largest absolute Gasteiger partial charge is 0.490 e. The molecule has 1 aliphatic heterocycles. The maximum Gasteiger partial charge on any atom is 0.338 e. The fourth-order valence-electron chi connectivity index (χ4n) is 2.98. The molecule has 27 heavy (non-hydrogen) atoms. The van der Waals surface area contributed by atoms with E-state index in [0.29, 0.717) is 17.8 Å². The molecule has 0 aliphatic carbocycles. The lowest BCUT2D eigenvalue weighted by Crippen LogP contribution is -2.44. The van der Waals surface area contributed by atoms with E-state index in [1.807, 2.05) is 13.8 Å². The summed E-state index contributed by atoms with van der Waals surface area (Å²) in [5.74, 6) is -0.933. The van der Waals surface area contributed by atoms with Crippen LogP contribution >= 0.6 is 0 Å². The van der Waals surface area contributed by atoms with Crippen LogP contribution in [0.4, 0.5) is 0 Å². The second-order valence-electron chi connectivity index (χ2n) is 9.32. The zero-order chi connectivity index (χ0) is 21.2. The SMILES string of the molecule is CC1=C(OC(C)CC(C)O[Si](C)(C)C(C)(C)C)[C@](C)(CCC(=O)O)OC1=O. The molecule has 0 aromatic heterocycles. The number of esters is 1. The molecule has 0 aromatic carbocycles. The minimum absolute atomic E-state index is 0.0186. The third kappa shape index (κ3) is 6.07. The van der Waals surface area contributed by atoms with Crippen molar-refractivity contribution in [3.8, 4) is 0 Å². The Balaban J connectivity index is 2.80. The molecule has 0 radical (unpaired) electrons. The van der Waals surface area contributed by atoms with E-state index in [-0.39, 0.29) is 30.1 Å². The van der Waals surface area contributed by atoms with Gasteiger partial charge in [-0.3, -0.25) is 4.79 Å². The second kappa shape index (κ2) is 8.35. The fourth-order valence-corrected chi connectivity index (χ4v) is 4.44. The average Bonchev–Trinajstić information content (AvgIpc) is 2.67. The van der Waals surface area contributed by atoms with E-state index < -0.39 is 25.9 Å². The lowest BCUT2D eigenvalue weighted by molar-refractivity contribution is -0.151. The Kier molecular flexibility index (Phi) is 7.33. The molecular formula is C20H36O6Si. The first-order chi connectivity index (χ1) is 12.1. The summed E-state index contributed by atoms with van der Waals surface area (Å²) in [6.45, 7) is 18.4. The van der Waals surface area contributed by atoms with Gasteiger partial charge in [0.2, 0.25) is 0 Å². The molecule has 156 valence electrons. The van der Waals surface area contributed by atoms with Crippen molar-refractivity contribution in [2.45, 2.75) is 104 Å². The van der Waals surface area contributed by atoms with Crippen molar-refractivity contribution in [2.24, 2.45) is 0 Å². The van der Waals surface area contributed by atoms with Crippen LogP contribution < -0.4 is 0 Å². The number of rotatable bonds is 9. The molecule has 0 spiro atoms. The summed E-state index contributed by atoms with van der Waals surface area (Å²) in [6, 6.07) is 0. The van der Waals surface area contributed by atoms with E-state index in [0.717, 1.165) is 0 Å². The molecule has 6 nitrogen and oxygen atoms in total. The molecule has 7 heteroatoms. The maximum atomic E-state index is 12.0. The molecule has 2 unspecified atom stereocenters. The van der Waals surface area contributed by atoms with Crippen LogP contribution in [0.1, 0.15) is 67.7 Å². The Morgan fingerprint density at radius 1 is 1.26 bits per heavy atom. The highest BCUT2D eigenvalue weighted by Crippen LogP contribution is 2.39. The molecule has 0 saturated carbocycles. The van der Waals surface area contributed by atoms with Crippen molar-refractivity contribution in [1.82, 2.24) is 0 Å². The van der Waals surface area contributed by atoms with Crippen LogP contribution in [0.5, 0.6) is 0 Å². The van der Waals surface area contributed by atoms with E-state index in [1.165, 1.54) is 0 Å². The van der Waals surface area contributed by atoms with Crippen molar-refractivity contribution < 1.29 is 28.6 Å². The Labute approximate surface area is 164 Å². The van der Waals surface area contributed by atoms with Gasteiger partial charge in [-0.05, 0) is 45.8 Å². The van der Waals surface area contributed by atoms with Crippen LogP contribution in [0.15, 0.2) is 11.3 Å². The summed E-state index contributed by atoms with van der Waals surface area (Å²) >= 11 is 0. The summed E-state index contributed by atoms with van der Waals surface area (Å²) in [6.07, 6.45) is 0.595. The van der Waals surface area contributed by atoms with E-state index >= 15 is 0 Å². The monoisotopic (exact) mass is 400 g/mol. The first-order valence-electron chi connectivity index (χ1n) is 9.60. The molecule has 1 rings (SSSR count). The number of aliphatic carboxylic acids is 1. The fraction of sp³-hybridized carbons (Fsp3) is 0.800. The Bertz CT molecular complexity index is 604. The summed E-state index contributed by atoms with van der Waals surface area (Å²) < 4.78 is 17.9. The summed E-state index contributed by atoms with van der Waals surface area (Å²) in [4.78, 5) is 23.0. The van der Waals surface area contributed by atoms with Gasteiger partial charge in [-0.1, -0.05) is 20.8 Å². The molecule has 1 heterocycles. The standard InChI is InChI=1S/C20H36O6Si/c1-13(12-14(2)26-27(8,9)19(4,5)6)24-17-15(3)18(23)25-20(17,7)11-10-16(21)22/h13-14H,10-12H2,1-9H3,(H,21,22)/t13?,14?,20-/m0/s1. The molecule has 0 aromatic rings.